The van der Waals surface area contributed by atoms with Crippen LogP contribution in [0.25, 0.3) is 0 Å². The Kier molecular flexibility index (Phi) is 5.60. The van der Waals surface area contributed by atoms with Gasteiger partial charge in [-0.05, 0) is 56.2 Å². The van der Waals surface area contributed by atoms with Gasteiger partial charge in [-0.3, -0.25) is 4.79 Å². The molecule has 1 atom stereocenters. The molecule has 4 rings (SSSR count). The molecule has 1 N–H and O–H groups in total. The Morgan fingerprint density at radius 2 is 2.14 bits per heavy atom. The van der Waals surface area contributed by atoms with Crippen molar-refractivity contribution in [2.24, 2.45) is 11.8 Å². The second-order valence-corrected chi connectivity index (χ2v) is 8.80. The normalized spacial score (nSPS) is 27.9. The van der Waals surface area contributed by atoms with Crippen LogP contribution < -0.4 is 10.1 Å². The number of rotatable bonds is 5. The van der Waals surface area contributed by atoms with Gasteiger partial charge in [-0.15, -0.1) is 0 Å². The summed E-state index contributed by atoms with van der Waals surface area (Å²) in [6.07, 6.45) is 3.44. The number of benzene rings is 1. The van der Waals surface area contributed by atoms with Crippen molar-refractivity contribution in [2.45, 2.75) is 50.7 Å². The Morgan fingerprint density at radius 3 is 2.72 bits per heavy atom. The Bertz CT molecular complexity index is 791. The smallest absolute Gasteiger partial charge is 0.407 e. The van der Waals surface area contributed by atoms with E-state index in [0.29, 0.717) is 44.2 Å². The number of amides is 2. The maximum Gasteiger partial charge on any atom is 0.407 e. The van der Waals surface area contributed by atoms with Gasteiger partial charge < -0.3 is 19.7 Å². The predicted octanol–water partition coefficient (Wildman–Crippen LogP) is 3.76. The molecule has 1 aliphatic carbocycles. The molecule has 1 aromatic carbocycles. The first-order valence-electron chi connectivity index (χ1n) is 10.2. The van der Waals surface area contributed by atoms with Crippen LogP contribution in [0, 0.1) is 17.7 Å². The topological polar surface area (TPSA) is 67.9 Å². The number of nitrogens with zero attached hydrogens (tertiary/aromatic N) is 1. The number of carbonyl (C=O) groups is 2. The maximum absolute atomic E-state index is 13.3. The molecule has 3 fully saturated rings. The van der Waals surface area contributed by atoms with Gasteiger partial charge in [0.25, 0.3) is 0 Å². The van der Waals surface area contributed by atoms with Crippen LogP contribution in [0.1, 0.15) is 39.0 Å². The summed E-state index contributed by atoms with van der Waals surface area (Å²) in [4.78, 5) is 26.0. The third-order valence-corrected chi connectivity index (χ3v) is 6.72. The number of cyclic esters (lactones) is 1. The minimum Gasteiger partial charge on any atom is -0.489 e. The number of nitrogens with one attached hydrogen (secondary N) is 1. The summed E-state index contributed by atoms with van der Waals surface area (Å²) >= 11 is 6.10. The van der Waals surface area contributed by atoms with E-state index in [0.717, 1.165) is 19.3 Å². The summed E-state index contributed by atoms with van der Waals surface area (Å²) in [7, 11) is 0. The summed E-state index contributed by atoms with van der Waals surface area (Å²) in [6.45, 7) is 3.82. The Balaban J connectivity index is 1.28. The molecule has 8 heteroatoms. The van der Waals surface area contributed by atoms with E-state index in [1.54, 1.807) is 6.07 Å². The molecule has 6 nitrogen and oxygen atoms in total. The zero-order valence-electron chi connectivity index (χ0n) is 16.5. The second-order valence-electron chi connectivity index (χ2n) is 8.39. The van der Waals surface area contributed by atoms with E-state index in [9.17, 15) is 14.0 Å². The highest BCUT2D eigenvalue weighted by Gasteiger charge is 2.53. The molecule has 2 saturated heterocycles. The van der Waals surface area contributed by atoms with Crippen LogP contribution >= 0.6 is 11.6 Å². The highest BCUT2D eigenvalue weighted by molar-refractivity contribution is 6.32. The van der Waals surface area contributed by atoms with Gasteiger partial charge in [0.2, 0.25) is 5.91 Å². The lowest BCUT2D eigenvalue weighted by atomic mass is 9.68. The van der Waals surface area contributed by atoms with Crippen molar-refractivity contribution < 1.29 is 23.5 Å². The zero-order valence-corrected chi connectivity index (χ0v) is 17.2. The molecule has 2 heterocycles. The minimum atomic E-state index is -0.386. The Hall–Kier alpha value is -2.02. The first-order chi connectivity index (χ1) is 13.9. The largest absolute Gasteiger partial charge is 0.489 e. The quantitative estimate of drug-likeness (QED) is 0.781. The van der Waals surface area contributed by atoms with Crippen molar-refractivity contribution in [3.8, 4) is 5.75 Å². The number of halogens is 2. The SMILES string of the molecule is CCC(Oc1ccc(F)cc1Cl)C1CCN(C(=O)[C@H]2C[C@]3(COC(=O)N3)C2)CC1. The lowest BCUT2D eigenvalue weighted by Gasteiger charge is -2.45. The molecule has 2 amide bonds. The minimum absolute atomic E-state index is 0.0203. The monoisotopic (exact) mass is 424 g/mol. The third-order valence-electron chi connectivity index (χ3n) is 6.42. The van der Waals surface area contributed by atoms with Crippen LogP contribution in [0.3, 0.4) is 0 Å². The van der Waals surface area contributed by atoms with Gasteiger partial charge in [-0.25, -0.2) is 9.18 Å². The lowest BCUT2D eigenvalue weighted by molar-refractivity contribution is -0.143. The first-order valence-corrected chi connectivity index (χ1v) is 10.6. The molecule has 0 aromatic heterocycles. The molecular formula is C21H26ClFN2O4. The fourth-order valence-electron chi connectivity index (χ4n) is 4.77. The highest BCUT2D eigenvalue weighted by Crippen LogP contribution is 2.42. The lowest BCUT2D eigenvalue weighted by Crippen LogP contribution is -2.59. The average Bonchev–Trinajstić information content (AvgIpc) is 3.08. The van der Waals surface area contributed by atoms with Crippen LogP contribution in [-0.4, -0.2) is 48.2 Å². The molecule has 0 radical (unpaired) electrons. The number of piperidine rings is 1. The van der Waals surface area contributed by atoms with Crippen molar-refractivity contribution in [1.82, 2.24) is 10.2 Å². The van der Waals surface area contributed by atoms with Gasteiger partial charge in [0.05, 0.1) is 10.6 Å². The molecule has 2 aliphatic heterocycles. The van der Waals surface area contributed by atoms with Gasteiger partial charge in [0, 0.05) is 19.0 Å². The highest BCUT2D eigenvalue weighted by atomic mass is 35.5. The van der Waals surface area contributed by atoms with E-state index < -0.39 is 0 Å². The van der Waals surface area contributed by atoms with Crippen molar-refractivity contribution in [1.29, 1.82) is 0 Å². The van der Waals surface area contributed by atoms with Gasteiger partial charge >= 0.3 is 6.09 Å². The molecule has 1 saturated carbocycles. The summed E-state index contributed by atoms with van der Waals surface area (Å²) in [5, 5.41) is 3.11. The third kappa shape index (κ3) is 4.15. The first kappa shape index (κ1) is 20.3. The van der Waals surface area contributed by atoms with Gasteiger partial charge in [-0.1, -0.05) is 18.5 Å². The van der Waals surface area contributed by atoms with Crippen LogP contribution in [0.2, 0.25) is 5.02 Å². The summed E-state index contributed by atoms with van der Waals surface area (Å²) in [5.41, 5.74) is -0.328. The molecule has 1 unspecified atom stereocenters. The average molecular weight is 425 g/mol. The number of hydrogen-bond donors (Lipinski definition) is 1. The van der Waals surface area contributed by atoms with Crippen LogP contribution in [0.15, 0.2) is 18.2 Å². The van der Waals surface area contributed by atoms with Gasteiger partial charge in [0.15, 0.2) is 0 Å². The summed E-state index contributed by atoms with van der Waals surface area (Å²) in [5.74, 6) is 0.568. The Labute approximate surface area is 174 Å². The zero-order chi connectivity index (χ0) is 20.6. The maximum atomic E-state index is 13.3. The van der Waals surface area contributed by atoms with Gasteiger partial charge in [-0.2, -0.15) is 0 Å². The molecule has 1 aromatic rings. The van der Waals surface area contributed by atoms with Crippen LogP contribution in [0.5, 0.6) is 5.75 Å². The fraction of sp³-hybridized carbons (Fsp3) is 0.619. The van der Waals surface area contributed by atoms with E-state index in [4.69, 9.17) is 21.1 Å². The van der Waals surface area contributed by atoms with E-state index >= 15 is 0 Å². The molecule has 29 heavy (non-hydrogen) atoms. The number of likely N-dealkylation sites (tertiary alicyclic amines) is 1. The van der Waals surface area contributed by atoms with Crippen molar-refractivity contribution >= 4 is 23.6 Å². The van der Waals surface area contributed by atoms with Crippen LogP contribution in [-0.2, 0) is 9.53 Å². The number of carbonyl (C=O) groups excluding carboxylic acids is 2. The van der Waals surface area contributed by atoms with Crippen molar-refractivity contribution in [3.63, 3.8) is 0 Å². The van der Waals surface area contributed by atoms with Crippen molar-refractivity contribution in [2.75, 3.05) is 19.7 Å². The van der Waals surface area contributed by atoms with E-state index in [2.05, 4.69) is 12.2 Å². The molecule has 1 spiro atoms. The van der Waals surface area contributed by atoms with E-state index in [1.165, 1.54) is 12.1 Å². The number of alkyl carbamates (subject to hydrolysis) is 1. The molecule has 3 aliphatic rings. The van der Waals surface area contributed by atoms with E-state index in [1.807, 2.05) is 4.90 Å². The van der Waals surface area contributed by atoms with Gasteiger partial charge in [0.1, 0.15) is 24.3 Å². The van der Waals surface area contributed by atoms with Crippen molar-refractivity contribution in [3.05, 3.63) is 29.0 Å². The molecule has 0 bridgehead atoms. The summed E-state index contributed by atoms with van der Waals surface area (Å²) in [6, 6.07) is 4.17. The number of ether oxygens (including phenoxy) is 2. The second kappa shape index (κ2) is 8.01. The molecule has 158 valence electrons. The fourth-order valence-corrected chi connectivity index (χ4v) is 4.98. The predicted molar refractivity (Wildman–Crippen MR) is 105 cm³/mol. The summed E-state index contributed by atoms with van der Waals surface area (Å²) < 4.78 is 24.3. The number of hydrogen-bond acceptors (Lipinski definition) is 4. The molecular weight excluding hydrogens is 399 g/mol. The standard InChI is InChI=1S/C21H26ClFN2O4/c1-2-17(29-18-4-3-15(23)9-16(18)22)13-5-7-25(8-6-13)19(26)14-10-21(11-14)12-28-20(27)24-21/h3-4,9,13-14,17H,2,5-8,10-12H2,1H3,(H,24,27)/t14-,17?,21+. The van der Waals surface area contributed by atoms with E-state index in [-0.39, 0.29) is 40.4 Å². The van der Waals surface area contributed by atoms with Crippen LogP contribution in [0.4, 0.5) is 9.18 Å². The Morgan fingerprint density at radius 1 is 1.41 bits per heavy atom.